The summed E-state index contributed by atoms with van der Waals surface area (Å²) in [6, 6.07) is 17.4. The Morgan fingerprint density at radius 1 is 0.909 bits per heavy atom. The van der Waals surface area contributed by atoms with Gasteiger partial charge in [-0.15, -0.1) is 0 Å². The number of aliphatic hydroxyl groups excluding tert-OH is 1. The molecule has 4 heteroatoms. The second kappa shape index (κ2) is 6.91. The Morgan fingerprint density at radius 2 is 1.68 bits per heavy atom. The van der Waals surface area contributed by atoms with Crippen molar-refractivity contribution in [3.05, 3.63) is 77.9 Å². The van der Waals surface area contributed by atoms with Crippen molar-refractivity contribution >= 4 is 0 Å². The van der Waals surface area contributed by atoms with Crippen LogP contribution in [0.4, 0.5) is 0 Å². The molecule has 0 aliphatic carbocycles. The predicted octanol–water partition coefficient (Wildman–Crippen LogP) is 3.74. The lowest BCUT2D eigenvalue weighted by Gasteiger charge is -2.02. The molecule has 112 valence electrons. The zero-order valence-electron chi connectivity index (χ0n) is 12.1. The molecule has 22 heavy (non-hydrogen) atoms. The van der Waals surface area contributed by atoms with Gasteiger partial charge in [-0.05, 0) is 29.7 Å². The first-order chi connectivity index (χ1) is 10.8. The number of hydrogen-bond donors (Lipinski definition) is 1. The van der Waals surface area contributed by atoms with Gasteiger partial charge in [0, 0.05) is 6.42 Å². The Kier molecular flexibility index (Phi) is 4.51. The lowest BCUT2D eigenvalue weighted by atomic mass is 10.1. The first kappa shape index (κ1) is 14.4. The molecule has 0 spiro atoms. The fraction of sp³-hybridized carbons (Fsp3) is 0.167. The summed E-state index contributed by atoms with van der Waals surface area (Å²) in [5.74, 6) is 1.77. The minimum Gasteiger partial charge on any atom is -0.445 e. The number of nitrogens with zero attached hydrogens (tertiary/aromatic N) is 1. The Labute approximate surface area is 129 Å². The molecule has 0 fully saturated rings. The largest absolute Gasteiger partial charge is 0.445 e. The summed E-state index contributed by atoms with van der Waals surface area (Å²) in [6.45, 7) is 0.0217. The van der Waals surface area contributed by atoms with Crippen LogP contribution in [0.3, 0.4) is 0 Å². The standard InChI is InChI=1S/C18H17NO3/c20-12-15-6-9-16(10-7-15)22-18-13-21-17(19-18)11-8-14-4-2-1-3-5-14/h1-7,9-10,13,20H,8,11-12H2. The number of ether oxygens (including phenoxy) is 1. The smallest absolute Gasteiger partial charge is 0.258 e. The molecule has 0 aliphatic heterocycles. The van der Waals surface area contributed by atoms with Crippen LogP contribution in [0.5, 0.6) is 11.6 Å². The van der Waals surface area contributed by atoms with E-state index in [0.29, 0.717) is 17.5 Å². The molecule has 0 radical (unpaired) electrons. The molecule has 0 bridgehead atoms. The van der Waals surface area contributed by atoms with Crippen LogP contribution in [-0.4, -0.2) is 10.1 Å². The first-order valence-corrected chi connectivity index (χ1v) is 7.19. The summed E-state index contributed by atoms with van der Waals surface area (Å²) in [6.07, 6.45) is 3.13. The van der Waals surface area contributed by atoms with Gasteiger partial charge in [-0.1, -0.05) is 42.5 Å². The molecule has 3 aromatic rings. The van der Waals surface area contributed by atoms with E-state index in [4.69, 9.17) is 14.3 Å². The molecular formula is C18H17NO3. The van der Waals surface area contributed by atoms with Crippen LogP contribution in [0.15, 0.2) is 65.3 Å². The van der Waals surface area contributed by atoms with E-state index in [1.807, 2.05) is 30.3 Å². The van der Waals surface area contributed by atoms with Gasteiger partial charge in [-0.3, -0.25) is 0 Å². The van der Waals surface area contributed by atoms with Gasteiger partial charge in [-0.25, -0.2) is 0 Å². The highest BCUT2D eigenvalue weighted by Crippen LogP contribution is 2.21. The van der Waals surface area contributed by atoms with Gasteiger partial charge in [0.2, 0.25) is 0 Å². The Balaban J connectivity index is 1.58. The van der Waals surface area contributed by atoms with Crippen LogP contribution in [-0.2, 0) is 19.4 Å². The summed E-state index contributed by atoms with van der Waals surface area (Å²) in [4.78, 5) is 4.32. The highest BCUT2D eigenvalue weighted by molar-refractivity contribution is 5.29. The molecule has 3 rings (SSSR count). The maximum Gasteiger partial charge on any atom is 0.258 e. The summed E-state index contributed by atoms with van der Waals surface area (Å²) in [5, 5.41) is 9.01. The molecule has 1 N–H and O–H groups in total. The summed E-state index contributed by atoms with van der Waals surface area (Å²) >= 11 is 0. The molecule has 0 saturated heterocycles. The Morgan fingerprint density at radius 3 is 2.41 bits per heavy atom. The van der Waals surface area contributed by atoms with Gasteiger partial charge in [0.25, 0.3) is 5.88 Å². The first-order valence-electron chi connectivity index (χ1n) is 7.19. The van der Waals surface area contributed by atoms with Crippen molar-refractivity contribution in [3.63, 3.8) is 0 Å². The van der Waals surface area contributed by atoms with Gasteiger partial charge >= 0.3 is 0 Å². The number of rotatable bonds is 6. The molecule has 0 amide bonds. The number of benzene rings is 2. The fourth-order valence-electron chi connectivity index (χ4n) is 2.14. The molecule has 0 aliphatic rings. The average Bonchev–Trinajstić information content (AvgIpc) is 3.02. The van der Waals surface area contributed by atoms with E-state index in [2.05, 4.69) is 17.1 Å². The van der Waals surface area contributed by atoms with Crippen LogP contribution in [0.25, 0.3) is 0 Å². The van der Waals surface area contributed by atoms with Crippen LogP contribution >= 0.6 is 0 Å². The molecule has 1 heterocycles. The number of hydrogen-bond acceptors (Lipinski definition) is 4. The third-order valence-corrected chi connectivity index (χ3v) is 3.33. The van der Waals surface area contributed by atoms with Crippen molar-refractivity contribution in [1.29, 1.82) is 0 Å². The molecule has 0 unspecified atom stereocenters. The predicted molar refractivity (Wildman–Crippen MR) is 82.8 cm³/mol. The average molecular weight is 295 g/mol. The van der Waals surface area contributed by atoms with Crippen molar-refractivity contribution in [3.8, 4) is 11.6 Å². The molecule has 2 aromatic carbocycles. The van der Waals surface area contributed by atoms with Gasteiger partial charge in [0.15, 0.2) is 12.2 Å². The van der Waals surface area contributed by atoms with E-state index in [1.165, 1.54) is 11.8 Å². The van der Waals surface area contributed by atoms with Crippen molar-refractivity contribution in [2.45, 2.75) is 19.4 Å². The van der Waals surface area contributed by atoms with Crippen molar-refractivity contribution in [1.82, 2.24) is 4.98 Å². The maximum atomic E-state index is 9.01. The molecule has 0 atom stereocenters. The summed E-state index contributed by atoms with van der Waals surface area (Å²) < 4.78 is 11.1. The van der Waals surface area contributed by atoms with Gasteiger partial charge in [0.05, 0.1) is 6.61 Å². The van der Waals surface area contributed by atoms with Crippen LogP contribution < -0.4 is 4.74 Å². The zero-order chi connectivity index (χ0) is 15.2. The quantitative estimate of drug-likeness (QED) is 0.752. The van der Waals surface area contributed by atoms with Crippen molar-refractivity contribution in [2.75, 3.05) is 0 Å². The third-order valence-electron chi connectivity index (χ3n) is 3.33. The van der Waals surface area contributed by atoms with E-state index >= 15 is 0 Å². The maximum absolute atomic E-state index is 9.01. The summed E-state index contributed by atoms with van der Waals surface area (Å²) in [5.41, 5.74) is 2.10. The minimum absolute atomic E-state index is 0.0217. The van der Waals surface area contributed by atoms with Crippen molar-refractivity contribution in [2.24, 2.45) is 0 Å². The summed E-state index contributed by atoms with van der Waals surface area (Å²) in [7, 11) is 0. The minimum atomic E-state index is 0.0217. The lowest BCUT2D eigenvalue weighted by molar-refractivity contribution is 0.281. The Hall–Kier alpha value is -2.59. The highest BCUT2D eigenvalue weighted by atomic mass is 16.5. The molecule has 4 nitrogen and oxygen atoms in total. The lowest BCUT2D eigenvalue weighted by Crippen LogP contribution is -1.92. The third kappa shape index (κ3) is 3.74. The number of aryl methyl sites for hydroxylation is 2. The molecular weight excluding hydrogens is 278 g/mol. The van der Waals surface area contributed by atoms with Gasteiger partial charge in [0.1, 0.15) is 5.75 Å². The number of oxazole rings is 1. The SMILES string of the molecule is OCc1ccc(Oc2coc(CCc3ccccc3)n2)cc1. The van der Waals surface area contributed by atoms with E-state index in [1.54, 1.807) is 12.1 Å². The second-order valence-electron chi connectivity index (χ2n) is 4.97. The van der Waals surface area contributed by atoms with Crippen molar-refractivity contribution < 1.29 is 14.3 Å². The van der Waals surface area contributed by atoms with E-state index in [-0.39, 0.29) is 6.61 Å². The number of aliphatic hydroxyl groups is 1. The topological polar surface area (TPSA) is 55.5 Å². The van der Waals surface area contributed by atoms with Crippen LogP contribution in [0, 0.1) is 0 Å². The Bertz CT molecular complexity index is 705. The highest BCUT2D eigenvalue weighted by Gasteiger charge is 2.06. The van der Waals surface area contributed by atoms with Crippen LogP contribution in [0.1, 0.15) is 17.0 Å². The van der Waals surface area contributed by atoms with Gasteiger partial charge < -0.3 is 14.3 Å². The monoisotopic (exact) mass is 295 g/mol. The van der Waals surface area contributed by atoms with E-state index < -0.39 is 0 Å². The van der Waals surface area contributed by atoms with Crippen LogP contribution in [0.2, 0.25) is 0 Å². The molecule has 1 aromatic heterocycles. The van der Waals surface area contributed by atoms with Gasteiger partial charge in [-0.2, -0.15) is 4.98 Å². The van der Waals surface area contributed by atoms with E-state index in [0.717, 1.165) is 18.4 Å². The number of aromatic nitrogens is 1. The van der Waals surface area contributed by atoms with E-state index in [9.17, 15) is 0 Å². The second-order valence-corrected chi connectivity index (χ2v) is 4.97. The fourth-order valence-corrected chi connectivity index (χ4v) is 2.14. The zero-order valence-corrected chi connectivity index (χ0v) is 12.1. The normalized spacial score (nSPS) is 10.6. The molecule has 0 saturated carbocycles.